The van der Waals surface area contributed by atoms with Crippen molar-refractivity contribution < 1.29 is 4.21 Å². The minimum absolute atomic E-state index is 0.161. The molecule has 13 heavy (non-hydrogen) atoms. The van der Waals surface area contributed by atoms with Gasteiger partial charge in [-0.05, 0) is 24.7 Å². The van der Waals surface area contributed by atoms with Crippen molar-refractivity contribution in [1.29, 1.82) is 4.78 Å². The van der Waals surface area contributed by atoms with Gasteiger partial charge in [0.05, 0.1) is 0 Å². The van der Waals surface area contributed by atoms with Gasteiger partial charge in [-0.25, -0.2) is 4.21 Å². The van der Waals surface area contributed by atoms with Gasteiger partial charge in [-0.2, -0.15) is 0 Å². The summed E-state index contributed by atoms with van der Waals surface area (Å²) in [6, 6.07) is 0. The summed E-state index contributed by atoms with van der Waals surface area (Å²) in [4.78, 5) is 0. The third kappa shape index (κ3) is 2.97. The standard InChI is InChI=1S/C10H21NOS/c1-8(2)9-5-4-6-10(7-9)13(3,11)12/h8-11H,4-7H2,1-3H3/t9?,10-,13?/m1/s1. The van der Waals surface area contributed by atoms with Crippen molar-refractivity contribution in [1.82, 2.24) is 0 Å². The molecule has 0 heterocycles. The maximum Gasteiger partial charge on any atom is 0.0441 e. The molecule has 78 valence electrons. The molecule has 3 heteroatoms. The molecule has 1 fully saturated rings. The Bertz CT molecular complexity index is 256. The predicted molar refractivity (Wildman–Crippen MR) is 57.4 cm³/mol. The molecule has 1 N–H and O–H groups in total. The minimum atomic E-state index is -2.29. The zero-order valence-electron chi connectivity index (χ0n) is 8.88. The average Bonchev–Trinajstić information content (AvgIpc) is 2.03. The summed E-state index contributed by atoms with van der Waals surface area (Å²) >= 11 is 0. The van der Waals surface area contributed by atoms with E-state index < -0.39 is 9.73 Å². The first-order chi connectivity index (χ1) is 5.91. The first-order valence-electron chi connectivity index (χ1n) is 5.14. The van der Waals surface area contributed by atoms with Crippen molar-refractivity contribution in [2.75, 3.05) is 6.26 Å². The highest BCUT2D eigenvalue weighted by atomic mass is 32.2. The van der Waals surface area contributed by atoms with Crippen LogP contribution < -0.4 is 0 Å². The van der Waals surface area contributed by atoms with Crippen LogP contribution in [0.3, 0.4) is 0 Å². The third-order valence-electron chi connectivity index (χ3n) is 3.25. The lowest BCUT2D eigenvalue weighted by Crippen LogP contribution is -2.28. The number of nitrogens with one attached hydrogen (secondary N) is 1. The molecule has 2 unspecified atom stereocenters. The normalized spacial score (nSPS) is 34.5. The molecule has 0 spiro atoms. The van der Waals surface area contributed by atoms with E-state index in [0.717, 1.165) is 19.3 Å². The molecule has 0 saturated heterocycles. The second kappa shape index (κ2) is 3.99. The zero-order valence-corrected chi connectivity index (χ0v) is 9.69. The summed E-state index contributed by atoms with van der Waals surface area (Å²) in [6.45, 7) is 4.46. The Balaban J connectivity index is 2.62. The van der Waals surface area contributed by atoms with Crippen LogP contribution in [0.1, 0.15) is 39.5 Å². The van der Waals surface area contributed by atoms with E-state index in [1.807, 2.05) is 0 Å². The highest BCUT2D eigenvalue weighted by molar-refractivity contribution is 7.92. The van der Waals surface area contributed by atoms with Crippen LogP contribution in [0.4, 0.5) is 0 Å². The quantitative estimate of drug-likeness (QED) is 0.736. The molecule has 2 nitrogen and oxygen atoms in total. The second-order valence-electron chi connectivity index (χ2n) is 4.70. The van der Waals surface area contributed by atoms with Gasteiger partial charge in [-0.3, -0.25) is 4.78 Å². The maximum atomic E-state index is 11.6. The fourth-order valence-electron chi connectivity index (χ4n) is 2.20. The summed E-state index contributed by atoms with van der Waals surface area (Å²) in [5.74, 6) is 1.38. The number of hydrogen-bond acceptors (Lipinski definition) is 2. The van der Waals surface area contributed by atoms with Gasteiger partial charge < -0.3 is 0 Å². The fraction of sp³-hybridized carbons (Fsp3) is 1.00. The van der Waals surface area contributed by atoms with Crippen LogP contribution in [0.2, 0.25) is 0 Å². The SMILES string of the molecule is CC(C)C1CCC[C@@H](S(C)(=N)=O)C1. The van der Waals surface area contributed by atoms with Crippen molar-refractivity contribution in [3.8, 4) is 0 Å². The predicted octanol–water partition coefficient (Wildman–Crippen LogP) is 2.88. The second-order valence-corrected chi connectivity index (χ2v) is 7.17. The molecule has 1 aliphatic rings. The molecule has 0 radical (unpaired) electrons. The van der Waals surface area contributed by atoms with Crippen molar-refractivity contribution >= 4 is 9.73 Å². The lowest BCUT2D eigenvalue weighted by atomic mass is 9.81. The van der Waals surface area contributed by atoms with Gasteiger partial charge in [0.15, 0.2) is 0 Å². The molecule has 0 aromatic rings. The zero-order chi connectivity index (χ0) is 10.1. The molecule has 0 aromatic carbocycles. The van der Waals surface area contributed by atoms with Crippen LogP contribution in [0, 0.1) is 16.6 Å². The molecule has 1 rings (SSSR count). The van der Waals surface area contributed by atoms with Crippen LogP contribution in [0.25, 0.3) is 0 Å². The molecule has 0 bridgehead atoms. The Morgan fingerprint density at radius 1 is 1.38 bits per heavy atom. The van der Waals surface area contributed by atoms with E-state index in [9.17, 15) is 4.21 Å². The molecule has 1 saturated carbocycles. The highest BCUT2D eigenvalue weighted by Gasteiger charge is 2.28. The van der Waals surface area contributed by atoms with Crippen molar-refractivity contribution in [2.45, 2.75) is 44.8 Å². The van der Waals surface area contributed by atoms with Gasteiger partial charge in [-0.15, -0.1) is 0 Å². The van der Waals surface area contributed by atoms with Crippen LogP contribution in [-0.2, 0) is 9.73 Å². The molecule has 0 aromatic heterocycles. The van der Waals surface area contributed by atoms with Gasteiger partial charge in [0.25, 0.3) is 0 Å². The van der Waals surface area contributed by atoms with Crippen molar-refractivity contribution in [2.24, 2.45) is 11.8 Å². The molecule has 3 atom stereocenters. The fourth-order valence-corrected chi connectivity index (χ4v) is 3.43. The van der Waals surface area contributed by atoms with Crippen LogP contribution >= 0.6 is 0 Å². The van der Waals surface area contributed by atoms with E-state index >= 15 is 0 Å². The molecule has 0 amide bonds. The first kappa shape index (κ1) is 11.0. The topological polar surface area (TPSA) is 40.9 Å². The highest BCUT2D eigenvalue weighted by Crippen LogP contribution is 2.32. The Labute approximate surface area is 82.1 Å². The number of rotatable bonds is 2. The summed E-state index contributed by atoms with van der Waals surface area (Å²) in [5.41, 5.74) is 0. The average molecular weight is 203 g/mol. The van der Waals surface area contributed by atoms with E-state index in [2.05, 4.69) is 13.8 Å². The lowest BCUT2D eigenvalue weighted by molar-refractivity contribution is 0.282. The van der Waals surface area contributed by atoms with Crippen molar-refractivity contribution in [3.63, 3.8) is 0 Å². The van der Waals surface area contributed by atoms with Gasteiger partial charge in [-0.1, -0.05) is 26.7 Å². The Hall–Kier alpha value is -0.0500. The molecular formula is C10H21NOS. The molecule has 1 aliphatic carbocycles. The largest absolute Gasteiger partial charge is 0.253 e. The van der Waals surface area contributed by atoms with Gasteiger partial charge in [0, 0.05) is 21.2 Å². The lowest BCUT2D eigenvalue weighted by Gasteiger charge is -2.31. The smallest absolute Gasteiger partial charge is 0.0441 e. The maximum absolute atomic E-state index is 11.6. The van der Waals surface area contributed by atoms with E-state index in [1.54, 1.807) is 6.26 Å². The van der Waals surface area contributed by atoms with Gasteiger partial charge >= 0.3 is 0 Å². The minimum Gasteiger partial charge on any atom is -0.253 e. The Morgan fingerprint density at radius 2 is 2.00 bits per heavy atom. The van der Waals surface area contributed by atoms with E-state index in [1.165, 1.54) is 6.42 Å². The summed E-state index contributed by atoms with van der Waals surface area (Å²) in [5, 5.41) is 0.161. The first-order valence-corrected chi connectivity index (χ1v) is 7.17. The van der Waals surface area contributed by atoms with Gasteiger partial charge in [0.2, 0.25) is 0 Å². The molecule has 0 aliphatic heterocycles. The summed E-state index contributed by atoms with van der Waals surface area (Å²) in [7, 11) is -2.29. The van der Waals surface area contributed by atoms with E-state index in [-0.39, 0.29) is 5.25 Å². The van der Waals surface area contributed by atoms with E-state index in [4.69, 9.17) is 4.78 Å². The summed E-state index contributed by atoms with van der Waals surface area (Å²) < 4.78 is 19.2. The number of hydrogen-bond donors (Lipinski definition) is 1. The Kier molecular flexibility index (Phi) is 3.38. The van der Waals surface area contributed by atoms with Gasteiger partial charge in [0.1, 0.15) is 0 Å². The summed E-state index contributed by atoms with van der Waals surface area (Å²) in [6.07, 6.45) is 6.04. The van der Waals surface area contributed by atoms with Crippen LogP contribution in [-0.4, -0.2) is 15.7 Å². The monoisotopic (exact) mass is 203 g/mol. The Morgan fingerprint density at radius 3 is 2.46 bits per heavy atom. The third-order valence-corrected chi connectivity index (χ3v) is 4.95. The van der Waals surface area contributed by atoms with Crippen LogP contribution in [0.5, 0.6) is 0 Å². The molecular weight excluding hydrogens is 182 g/mol. The van der Waals surface area contributed by atoms with Crippen LogP contribution in [0.15, 0.2) is 0 Å². The van der Waals surface area contributed by atoms with E-state index in [0.29, 0.717) is 11.8 Å². The van der Waals surface area contributed by atoms with Crippen molar-refractivity contribution in [3.05, 3.63) is 0 Å².